The zero-order valence-electron chi connectivity index (χ0n) is 26.3. The Labute approximate surface area is 270 Å². The lowest BCUT2D eigenvalue weighted by molar-refractivity contribution is -0.0469. The molecule has 47 heavy (non-hydrogen) atoms. The normalized spacial score (nSPS) is 14.2. The zero-order chi connectivity index (χ0) is 32.5. The first kappa shape index (κ1) is 29.8. The van der Waals surface area contributed by atoms with E-state index in [1.54, 1.807) is 21.0 Å². The monoisotopic (exact) mass is 639 g/mol. The topological polar surface area (TPSA) is 138 Å². The van der Waals surface area contributed by atoms with Crippen LogP contribution in [0.15, 0.2) is 78.0 Å². The molecule has 1 N–H and O–H groups in total. The Balaban J connectivity index is 1.05. The van der Waals surface area contributed by atoms with Crippen LogP contribution in [0.25, 0.3) is 0 Å². The minimum atomic E-state index is -0.942. The van der Waals surface area contributed by atoms with Crippen molar-refractivity contribution in [3.8, 4) is 23.0 Å². The highest BCUT2D eigenvalue weighted by atomic mass is 16.7. The van der Waals surface area contributed by atoms with E-state index >= 15 is 0 Å². The van der Waals surface area contributed by atoms with Gasteiger partial charge in [0.2, 0.25) is 23.2 Å². The lowest BCUT2D eigenvalue weighted by Crippen LogP contribution is -2.31. The van der Waals surface area contributed by atoms with Crippen molar-refractivity contribution in [1.82, 2.24) is 19.5 Å². The van der Waals surface area contributed by atoms with Crippen LogP contribution in [-0.4, -0.2) is 52.2 Å². The van der Waals surface area contributed by atoms with Crippen LogP contribution in [0.2, 0.25) is 0 Å². The van der Waals surface area contributed by atoms with Gasteiger partial charge in [-0.15, -0.1) is 0 Å². The summed E-state index contributed by atoms with van der Waals surface area (Å²) < 4.78 is 36.3. The lowest BCUT2D eigenvalue weighted by atomic mass is 10.2. The summed E-state index contributed by atoms with van der Waals surface area (Å²) in [7, 11) is 3.59. The molecule has 0 amide bonds. The summed E-state index contributed by atoms with van der Waals surface area (Å²) in [5.74, 6) is 3.42. The van der Waals surface area contributed by atoms with Crippen molar-refractivity contribution in [3.05, 3.63) is 90.5 Å². The molecule has 0 aliphatic carbocycles. The van der Waals surface area contributed by atoms with Crippen LogP contribution in [0.4, 0.5) is 28.0 Å². The van der Waals surface area contributed by atoms with Gasteiger partial charge in [-0.05, 0) is 35.4 Å². The Morgan fingerprint density at radius 1 is 0.979 bits per heavy atom. The quantitative estimate of drug-likeness (QED) is 0.200. The van der Waals surface area contributed by atoms with Crippen LogP contribution < -0.4 is 34.1 Å². The summed E-state index contributed by atoms with van der Waals surface area (Å²) in [6.45, 7) is 4.82. The van der Waals surface area contributed by atoms with Gasteiger partial charge in [-0.2, -0.15) is 0 Å². The second-order valence-corrected chi connectivity index (χ2v) is 11.4. The van der Waals surface area contributed by atoms with Crippen molar-refractivity contribution in [2.24, 2.45) is 0 Å². The number of rotatable bonds is 10. The van der Waals surface area contributed by atoms with Gasteiger partial charge in [-0.3, -0.25) is 4.90 Å². The van der Waals surface area contributed by atoms with Gasteiger partial charge in [-0.1, -0.05) is 24.3 Å². The number of carbonyl (C=O) groups excluding carboxylic acids is 1. The van der Waals surface area contributed by atoms with Gasteiger partial charge in [0.15, 0.2) is 24.0 Å². The smallest absolute Gasteiger partial charge is 0.419 e. The van der Waals surface area contributed by atoms with Gasteiger partial charge in [0.25, 0.3) is 0 Å². The van der Waals surface area contributed by atoms with E-state index in [0.29, 0.717) is 54.6 Å². The fourth-order valence-corrected chi connectivity index (χ4v) is 5.32. The average molecular weight is 640 g/mol. The van der Waals surface area contributed by atoms with Crippen LogP contribution in [-0.2, 0) is 24.5 Å². The summed E-state index contributed by atoms with van der Waals surface area (Å²) in [5, 5.41) is 3.45. The van der Waals surface area contributed by atoms with E-state index in [9.17, 15) is 4.79 Å². The molecule has 0 radical (unpaired) electrons. The minimum absolute atomic E-state index is 0.169. The number of anilines is 4. The van der Waals surface area contributed by atoms with Crippen LogP contribution in [0.1, 0.15) is 30.7 Å². The van der Waals surface area contributed by atoms with Crippen molar-refractivity contribution in [2.75, 3.05) is 35.9 Å². The highest BCUT2D eigenvalue weighted by molar-refractivity contribution is 5.87. The number of fused-ring (bicyclic) bond motifs is 2. The number of methoxy groups -OCH3 is 1. The second kappa shape index (κ2) is 12.1. The van der Waals surface area contributed by atoms with E-state index < -0.39 is 11.9 Å². The Hall–Kier alpha value is -5.92. The molecule has 3 aromatic heterocycles. The number of ether oxygens (including phenoxy) is 5. The van der Waals surface area contributed by atoms with Crippen molar-refractivity contribution in [3.63, 3.8) is 0 Å². The molecule has 0 atom stereocenters. The summed E-state index contributed by atoms with van der Waals surface area (Å²) in [6.07, 6.45) is 5.26. The second-order valence-electron chi connectivity index (χ2n) is 11.4. The van der Waals surface area contributed by atoms with E-state index in [-0.39, 0.29) is 6.61 Å². The first-order valence-corrected chi connectivity index (χ1v) is 14.9. The molecule has 5 aromatic rings. The predicted octanol–water partition coefficient (Wildman–Crippen LogP) is 5.70. The third-order valence-electron chi connectivity index (χ3n) is 7.60. The lowest BCUT2D eigenvalue weighted by Gasteiger charge is -2.20. The molecule has 14 heteroatoms. The van der Waals surface area contributed by atoms with Gasteiger partial charge in [0.1, 0.15) is 36.4 Å². The van der Waals surface area contributed by atoms with Crippen molar-refractivity contribution >= 4 is 29.3 Å². The van der Waals surface area contributed by atoms with Gasteiger partial charge in [0.05, 0.1) is 13.8 Å². The third-order valence-corrected chi connectivity index (χ3v) is 7.60. The van der Waals surface area contributed by atoms with Crippen molar-refractivity contribution in [2.45, 2.75) is 39.4 Å². The van der Waals surface area contributed by atoms with Crippen LogP contribution >= 0.6 is 0 Å². The molecular formula is C33H33N7O7. The van der Waals surface area contributed by atoms with Crippen LogP contribution in [0.3, 0.4) is 0 Å². The molecular weight excluding hydrogens is 606 g/mol. The van der Waals surface area contributed by atoms with E-state index in [0.717, 1.165) is 28.3 Å². The number of hydrogen-bond donors (Lipinski definition) is 1. The molecule has 0 bridgehead atoms. The standard InChI is InChI=1S/C33H33N7O7/c1-33(2)46-27-25(17-44-32(41)39-14-13-34-19-39)45-31(28(27)47-33)40-20-38(3)26-29(36-18-37-30(26)40)35-15-21-5-11-24(12-6-21)43-16-22-7-9-23(42-4)10-8-22/h5-14,18-19H,15-17,20H2,1-4H3,(H,35,36,37). The fraction of sp³-hybridized carbons (Fsp3) is 0.273. The zero-order valence-corrected chi connectivity index (χ0v) is 26.3. The highest BCUT2D eigenvalue weighted by Crippen LogP contribution is 2.54. The summed E-state index contributed by atoms with van der Waals surface area (Å²) in [4.78, 5) is 29.3. The first-order chi connectivity index (χ1) is 22.8. The predicted molar refractivity (Wildman–Crippen MR) is 170 cm³/mol. The number of nitrogens with one attached hydrogen (secondary N) is 1. The number of aromatic nitrogens is 4. The molecule has 0 unspecified atom stereocenters. The van der Waals surface area contributed by atoms with Crippen LogP contribution in [0, 0.1) is 0 Å². The Kier molecular flexibility index (Phi) is 7.67. The first-order valence-electron chi connectivity index (χ1n) is 14.9. The van der Waals surface area contributed by atoms with Crippen molar-refractivity contribution < 1.29 is 32.9 Å². The van der Waals surface area contributed by atoms with E-state index in [4.69, 9.17) is 28.1 Å². The molecule has 2 aliphatic heterocycles. The maximum atomic E-state index is 12.4. The fourth-order valence-electron chi connectivity index (χ4n) is 5.32. The number of hydrogen-bond acceptors (Lipinski definition) is 13. The summed E-state index contributed by atoms with van der Waals surface area (Å²) >= 11 is 0. The summed E-state index contributed by atoms with van der Waals surface area (Å²) in [6, 6.07) is 15.7. The molecule has 0 saturated carbocycles. The number of carbonyl (C=O) groups is 1. The molecule has 2 aromatic carbocycles. The number of benzene rings is 2. The Morgan fingerprint density at radius 2 is 1.72 bits per heavy atom. The largest absolute Gasteiger partial charge is 0.497 e. The maximum Gasteiger partial charge on any atom is 0.419 e. The molecule has 7 rings (SSSR count). The van der Waals surface area contributed by atoms with E-state index in [2.05, 4.69) is 20.3 Å². The summed E-state index contributed by atoms with van der Waals surface area (Å²) in [5.41, 5.74) is 2.90. The SMILES string of the molecule is COc1ccc(COc2ccc(CNc3ncnc4c3N(C)CN4c3oc(COC(=O)n4ccnc4)c4c3OC(C)(C)O4)cc2)cc1. The van der Waals surface area contributed by atoms with Gasteiger partial charge in [0, 0.05) is 39.8 Å². The van der Waals surface area contributed by atoms with Gasteiger partial charge < -0.3 is 38.3 Å². The number of imidazole rings is 1. The molecule has 2 aliphatic rings. The number of nitrogens with zero attached hydrogens (tertiary/aromatic N) is 6. The molecule has 0 fully saturated rings. The highest BCUT2D eigenvalue weighted by Gasteiger charge is 2.44. The van der Waals surface area contributed by atoms with Gasteiger partial charge in [-0.25, -0.2) is 24.3 Å². The van der Waals surface area contributed by atoms with Crippen LogP contribution in [0.5, 0.6) is 23.0 Å². The molecule has 0 spiro atoms. The molecule has 5 heterocycles. The minimum Gasteiger partial charge on any atom is -0.497 e. The molecule has 0 saturated heterocycles. The van der Waals surface area contributed by atoms with Gasteiger partial charge >= 0.3 is 6.09 Å². The number of furan rings is 1. The van der Waals surface area contributed by atoms with Crippen molar-refractivity contribution in [1.29, 1.82) is 0 Å². The molecule has 242 valence electrons. The maximum absolute atomic E-state index is 12.4. The average Bonchev–Trinajstić information content (AvgIpc) is 3.86. The third kappa shape index (κ3) is 6.04. The Bertz CT molecular complexity index is 1870. The van der Waals surface area contributed by atoms with E-state index in [1.807, 2.05) is 65.4 Å². The Morgan fingerprint density at radius 3 is 2.47 bits per heavy atom. The van der Waals surface area contributed by atoms with E-state index in [1.165, 1.54) is 29.6 Å². The molecule has 14 nitrogen and oxygen atoms in total.